The van der Waals surface area contributed by atoms with Crippen LogP contribution in [0.5, 0.6) is 0 Å². The SMILES string of the molecule is CCCC/C=C/CC/C=C/CC/C=C/C(O)C(COP(=O)(O)OCCN)NC(=O)CCCCCCC/C=C\C/C=C\CCCCC. The Hall–Kier alpha value is -1.80. The summed E-state index contributed by atoms with van der Waals surface area (Å²) >= 11 is 0. The van der Waals surface area contributed by atoms with Crippen molar-refractivity contribution in [3.8, 4) is 0 Å². The molecule has 1 amide bonds. The number of carbonyl (C=O) groups excluding carboxylic acids is 1. The topological polar surface area (TPSA) is 131 Å². The van der Waals surface area contributed by atoms with Crippen molar-refractivity contribution in [1.29, 1.82) is 0 Å². The maximum Gasteiger partial charge on any atom is 0.472 e. The van der Waals surface area contributed by atoms with Gasteiger partial charge in [-0.25, -0.2) is 4.57 Å². The molecule has 0 fully saturated rings. The van der Waals surface area contributed by atoms with Crippen LogP contribution >= 0.6 is 7.82 Å². The van der Waals surface area contributed by atoms with Crippen molar-refractivity contribution in [2.24, 2.45) is 5.73 Å². The van der Waals surface area contributed by atoms with Crippen LogP contribution in [0.2, 0.25) is 0 Å². The number of unbranched alkanes of at least 4 members (excludes halogenated alkanes) is 12. The third-order valence-corrected chi connectivity index (χ3v) is 8.28. The minimum Gasteiger partial charge on any atom is -0.387 e. The van der Waals surface area contributed by atoms with Gasteiger partial charge in [-0.05, 0) is 70.6 Å². The second-order valence-electron chi connectivity index (χ2n) is 11.7. The molecule has 8 nitrogen and oxygen atoms in total. The van der Waals surface area contributed by atoms with E-state index in [2.05, 4.69) is 67.8 Å². The Balaban J connectivity index is 4.46. The van der Waals surface area contributed by atoms with Crippen molar-refractivity contribution in [3.05, 3.63) is 60.8 Å². The molecule has 46 heavy (non-hydrogen) atoms. The summed E-state index contributed by atoms with van der Waals surface area (Å²) in [5.41, 5.74) is 5.34. The number of nitrogens with one attached hydrogen (secondary N) is 1. The Kier molecular flexibility index (Phi) is 31.8. The third kappa shape index (κ3) is 30.8. The first-order valence-corrected chi connectivity index (χ1v) is 19.4. The summed E-state index contributed by atoms with van der Waals surface area (Å²) in [6.07, 6.45) is 39.8. The molecule has 0 rings (SSSR count). The van der Waals surface area contributed by atoms with Gasteiger partial charge in [-0.15, -0.1) is 0 Å². The number of hydrogen-bond donors (Lipinski definition) is 4. The minimum absolute atomic E-state index is 0.0666. The molecule has 266 valence electrons. The van der Waals surface area contributed by atoms with Gasteiger partial charge in [-0.3, -0.25) is 13.8 Å². The minimum atomic E-state index is -4.35. The van der Waals surface area contributed by atoms with Gasteiger partial charge in [0.15, 0.2) is 0 Å². The number of phosphoric ester groups is 1. The maximum atomic E-state index is 12.7. The number of hydrogen-bond acceptors (Lipinski definition) is 6. The fraction of sp³-hybridized carbons (Fsp3) is 0.703. The zero-order valence-electron chi connectivity index (χ0n) is 29.0. The maximum absolute atomic E-state index is 12.7. The van der Waals surface area contributed by atoms with Crippen LogP contribution in [0, 0.1) is 0 Å². The second-order valence-corrected chi connectivity index (χ2v) is 13.2. The first-order chi connectivity index (χ1) is 22.4. The Bertz CT molecular complexity index is 902. The highest BCUT2D eigenvalue weighted by molar-refractivity contribution is 7.47. The molecule has 0 aromatic heterocycles. The smallest absolute Gasteiger partial charge is 0.387 e. The second kappa shape index (κ2) is 33.1. The van der Waals surface area contributed by atoms with Gasteiger partial charge in [-0.1, -0.05) is 120 Å². The highest BCUT2D eigenvalue weighted by atomic mass is 31.2. The van der Waals surface area contributed by atoms with Gasteiger partial charge < -0.3 is 21.1 Å². The van der Waals surface area contributed by atoms with E-state index in [-0.39, 0.29) is 25.7 Å². The average molecular weight is 667 g/mol. The molecule has 0 aromatic carbocycles. The van der Waals surface area contributed by atoms with Crippen LogP contribution in [0.3, 0.4) is 0 Å². The van der Waals surface area contributed by atoms with Gasteiger partial charge in [0.25, 0.3) is 0 Å². The zero-order valence-corrected chi connectivity index (χ0v) is 29.9. The first-order valence-electron chi connectivity index (χ1n) is 17.9. The summed E-state index contributed by atoms with van der Waals surface area (Å²) in [5, 5.41) is 13.5. The number of phosphoric acid groups is 1. The lowest BCUT2D eigenvalue weighted by Gasteiger charge is -2.23. The number of amides is 1. The van der Waals surface area contributed by atoms with Gasteiger partial charge in [0, 0.05) is 13.0 Å². The van der Waals surface area contributed by atoms with E-state index in [4.69, 9.17) is 14.8 Å². The van der Waals surface area contributed by atoms with E-state index in [0.717, 1.165) is 77.0 Å². The van der Waals surface area contributed by atoms with Crippen LogP contribution in [0.4, 0.5) is 0 Å². The molecule has 0 aromatic rings. The number of rotatable bonds is 32. The highest BCUT2D eigenvalue weighted by Crippen LogP contribution is 2.43. The molecule has 0 aliphatic rings. The zero-order chi connectivity index (χ0) is 34.0. The van der Waals surface area contributed by atoms with Crippen LogP contribution in [0.25, 0.3) is 0 Å². The van der Waals surface area contributed by atoms with Crippen LogP contribution in [0.15, 0.2) is 60.8 Å². The highest BCUT2D eigenvalue weighted by Gasteiger charge is 2.26. The van der Waals surface area contributed by atoms with E-state index in [1.807, 2.05) is 6.08 Å². The summed E-state index contributed by atoms with van der Waals surface area (Å²) in [6.45, 7) is 3.98. The molecule has 0 aliphatic carbocycles. The lowest BCUT2D eigenvalue weighted by molar-refractivity contribution is -0.123. The molecule has 0 saturated heterocycles. The number of aliphatic hydroxyl groups excluding tert-OH is 1. The molecule has 0 saturated carbocycles. The summed E-state index contributed by atoms with van der Waals surface area (Å²) in [5.74, 6) is -0.228. The predicted octanol–water partition coefficient (Wildman–Crippen LogP) is 9.16. The Morgan fingerprint density at radius 2 is 1.24 bits per heavy atom. The molecule has 0 aliphatic heterocycles. The molecule has 9 heteroatoms. The number of aliphatic hydroxyl groups is 1. The van der Waals surface area contributed by atoms with Crippen LogP contribution < -0.4 is 11.1 Å². The Morgan fingerprint density at radius 1 is 0.717 bits per heavy atom. The van der Waals surface area contributed by atoms with Crippen LogP contribution in [-0.2, 0) is 18.4 Å². The van der Waals surface area contributed by atoms with Gasteiger partial charge >= 0.3 is 7.82 Å². The van der Waals surface area contributed by atoms with E-state index >= 15 is 0 Å². The third-order valence-electron chi connectivity index (χ3n) is 7.29. The molecule has 0 heterocycles. The Morgan fingerprint density at radius 3 is 1.87 bits per heavy atom. The molecule has 5 N–H and O–H groups in total. The quantitative estimate of drug-likeness (QED) is 0.0320. The van der Waals surface area contributed by atoms with Crippen molar-refractivity contribution < 1.29 is 28.4 Å². The molecular formula is C37H67N2O6P. The molecule has 0 spiro atoms. The first kappa shape index (κ1) is 44.2. The summed E-state index contributed by atoms with van der Waals surface area (Å²) in [7, 11) is -4.35. The van der Waals surface area contributed by atoms with Crippen molar-refractivity contribution in [3.63, 3.8) is 0 Å². The monoisotopic (exact) mass is 666 g/mol. The van der Waals surface area contributed by atoms with Crippen LogP contribution in [-0.4, -0.2) is 47.8 Å². The molecule has 0 bridgehead atoms. The summed E-state index contributed by atoms with van der Waals surface area (Å²) < 4.78 is 22.0. The number of allylic oxidation sites excluding steroid dienone is 9. The molecule has 0 radical (unpaired) electrons. The van der Waals surface area contributed by atoms with Gasteiger partial charge in [0.1, 0.15) is 0 Å². The summed E-state index contributed by atoms with van der Waals surface area (Å²) in [4.78, 5) is 22.5. The lowest BCUT2D eigenvalue weighted by atomic mass is 10.1. The van der Waals surface area contributed by atoms with E-state index < -0.39 is 20.0 Å². The lowest BCUT2D eigenvalue weighted by Crippen LogP contribution is -2.45. The number of nitrogens with two attached hydrogens (primary N) is 1. The summed E-state index contributed by atoms with van der Waals surface area (Å²) in [6, 6.07) is -0.890. The van der Waals surface area contributed by atoms with Crippen molar-refractivity contribution in [2.45, 2.75) is 148 Å². The van der Waals surface area contributed by atoms with E-state index in [1.54, 1.807) is 6.08 Å². The van der Waals surface area contributed by atoms with E-state index in [9.17, 15) is 19.4 Å². The van der Waals surface area contributed by atoms with Crippen LogP contribution in [0.1, 0.15) is 136 Å². The standard InChI is InChI=1S/C37H67N2O6P/c1-3-5-7-9-11-13-15-17-18-19-21-23-25-27-29-31-37(41)39-35(34-45-46(42,43)44-33-32-38)36(40)30-28-26-24-22-20-16-14-12-10-8-6-4-2/h10-13,17-18,20,22,28,30,35-36,40H,3-9,14-16,19,21,23-27,29,31-34,38H2,1-2H3,(H,39,41)(H,42,43)/b12-10+,13-11-,18-17-,22-20+,30-28+. The predicted molar refractivity (Wildman–Crippen MR) is 193 cm³/mol. The normalized spacial score (nSPS) is 15.2. The van der Waals surface area contributed by atoms with E-state index in [0.29, 0.717) is 6.42 Å². The molecule has 3 atom stereocenters. The van der Waals surface area contributed by atoms with Crippen molar-refractivity contribution >= 4 is 13.7 Å². The van der Waals surface area contributed by atoms with Gasteiger partial charge in [0.05, 0.1) is 25.4 Å². The largest absolute Gasteiger partial charge is 0.472 e. The fourth-order valence-corrected chi connectivity index (χ4v) is 5.29. The van der Waals surface area contributed by atoms with Crippen molar-refractivity contribution in [2.75, 3.05) is 19.8 Å². The number of carbonyl (C=O) groups is 1. The van der Waals surface area contributed by atoms with Gasteiger partial charge in [0.2, 0.25) is 5.91 Å². The fourth-order valence-electron chi connectivity index (χ4n) is 4.53. The average Bonchev–Trinajstić information content (AvgIpc) is 3.04. The van der Waals surface area contributed by atoms with Gasteiger partial charge in [-0.2, -0.15) is 0 Å². The van der Waals surface area contributed by atoms with Crippen molar-refractivity contribution in [1.82, 2.24) is 5.32 Å². The molecule has 3 unspecified atom stereocenters. The molecular weight excluding hydrogens is 599 g/mol. The van der Waals surface area contributed by atoms with E-state index in [1.165, 1.54) is 38.5 Å². The Labute approximate surface area is 281 Å².